The molecule has 0 spiro atoms. The fraction of sp³-hybridized carbons (Fsp3) is 0.417. The third kappa shape index (κ3) is 5.62. The minimum absolute atomic E-state index is 0.116. The van der Waals surface area contributed by atoms with Gasteiger partial charge in [0.2, 0.25) is 11.8 Å². The normalized spacial score (nSPS) is 19.1. The van der Waals surface area contributed by atoms with Gasteiger partial charge in [-0.25, -0.2) is 0 Å². The molecule has 5 nitrogen and oxygen atoms in total. The van der Waals surface area contributed by atoms with E-state index < -0.39 is 5.25 Å². The summed E-state index contributed by atoms with van der Waals surface area (Å²) in [5, 5.41) is 6.01. The topological polar surface area (TPSA) is 61.4 Å². The van der Waals surface area contributed by atoms with E-state index in [-0.39, 0.29) is 18.2 Å². The number of halogens is 1. The van der Waals surface area contributed by atoms with Crippen molar-refractivity contribution < 1.29 is 9.59 Å². The van der Waals surface area contributed by atoms with Crippen molar-refractivity contribution in [3.8, 4) is 0 Å². The number of amides is 2. The van der Waals surface area contributed by atoms with Crippen LogP contribution >= 0.6 is 23.4 Å². The van der Waals surface area contributed by atoms with E-state index >= 15 is 0 Å². The first-order chi connectivity index (χ1) is 15.0. The summed E-state index contributed by atoms with van der Waals surface area (Å²) in [5.41, 5.74) is 2.63. The standard InChI is InChI=1S/C24H28ClN3O2S/c1-28(18-8-3-2-4-9-18)15-16-7-5-6-10-19(16)26-23(29)14-22-24(30)27-20-13-17(25)11-12-21(20)31-22/h5-7,10-13,18,22H,2-4,8-9,14-15H2,1H3,(H,26,29)(H,27,30). The first-order valence-corrected chi connectivity index (χ1v) is 12.1. The fourth-order valence-electron chi connectivity index (χ4n) is 4.33. The number of nitrogens with one attached hydrogen (secondary N) is 2. The lowest BCUT2D eigenvalue weighted by molar-refractivity contribution is -0.120. The summed E-state index contributed by atoms with van der Waals surface area (Å²) in [6.07, 6.45) is 6.53. The van der Waals surface area contributed by atoms with Crippen molar-refractivity contribution in [1.82, 2.24) is 4.90 Å². The van der Waals surface area contributed by atoms with Crippen molar-refractivity contribution in [2.45, 2.75) is 61.3 Å². The average molecular weight is 458 g/mol. The van der Waals surface area contributed by atoms with Crippen molar-refractivity contribution in [2.24, 2.45) is 0 Å². The van der Waals surface area contributed by atoms with Crippen molar-refractivity contribution >= 4 is 46.6 Å². The van der Waals surface area contributed by atoms with Crippen LogP contribution in [0.15, 0.2) is 47.4 Å². The van der Waals surface area contributed by atoms with Gasteiger partial charge in [0.25, 0.3) is 0 Å². The maximum absolute atomic E-state index is 12.8. The highest BCUT2D eigenvalue weighted by Gasteiger charge is 2.29. The molecule has 1 atom stereocenters. The second kappa shape index (κ2) is 10.1. The quantitative estimate of drug-likeness (QED) is 0.597. The molecule has 2 aliphatic rings. The van der Waals surface area contributed by atoms with E-state index in [9.17, 15) is 9.59 Å². The van der Waals surface area contributed by atoms with E-state index in [1.807, 2.05) is 24.3 Å². The Morgan fingerprint density at radius 1 is 1.19 bits per heavy atom. The molecule has 2 amide bonds. The average Bonchev–Trinajstić information content (AvgIpc) is 2.76. The van der Waals surface area contributed by atoms with E-state index in [4.69, 9.17) is 11.6 Å². The Hall–Kier alpha value is -2.02. The van der Waals surface area contributed by atoms with Crippen molar-refractivity contribution in [1.29, 1.82) is 0 Å². The molecule has 2 aromatic rings. The lowest BCUT2D eigenvalue weighted by atomic mass is 9.94. The number of nitrogens with zero attached hydrogens (tertiary/aromatic N) is 1. The van der Waals surface area contributed by atoms with Gasteiger partial charge in [-0.2, -0.15) is 0 Å². The van der Waals surface area contributed by atoms with Crippen molar-refractivity contribution in [2.75, 3.05) is 17.7 Å². The number of fused-ring (bicyclic) bond motifs is 1. The minimum Gasteiger partial charge on any atom is -0.326 e. The van der Waals surface area contributed by atoms with Gasteiger partial charge in [0.1, 0.15) is 0 Å². The van der Waals surface area contributed by atoms with Crippen LogP contribution in [0.2, 0.25) is 5.02 Å². The van der Waals surface area contributed by atoms with Gasteiger partial charge in [0.15, 0.2) is 0 Å². The van der Waals surface area contributed by atoms with Crippen LogP contribution in [-0.2, 0) is 16.1 Å². The summed E-state index contributed by atoms with van der Waals surface area (Å²) in [6.45, 7) is 0.800. The first-order valence-electron chi connectivity index (χ1n) is 10.8. The van der Waals surface area contributed by atoms with Gasteiger partial charge >= 0.3 is 0 Å². The molecule has 1 saturated carbocycles. The monoisotopic (exact) mass is 457 g/mol. The molecule has 0 radical (unpaired) electrons. The molecular weight excluding hydrogens is 430 g/mol. The molecule has 2 aromatic carbocycles. The van der Waals surface area contributed by atoms with Crippen LogP contribution in [0.4, 0.5) is 11.4 Å². The van der Waals surface area contributed by atoms with Gasteiger partial charge in [-0.15, -0.1) is 11.8 Å². The van der Waals surface area contributed by atoms with Crippen molar-refractivity contribution in [3.05, 3.63) is 53.1 Å². The summed E-state index contributed by atoms with van der Waals surface area (Å²) in [5.74, 6) is -0.321. The number of hydrogen-bond acceptors (Lipinski definition) is 4. The summed E-state index contributed by atoms with van der Waals surface area (Å²) >= 11 is 7.41. The molecule has 0 bridgehead atoms. The zero-order chi connectivity index (χ0) is 21.8. The Morgan fingerprint density at radius 2 is 1.97 bits per heavy atom. The maximum atomic E-state index is 12.8. The maximum Gasteiger partial charge on any atom is 0.238 e. The Morgan fingerprint density at radius 3 is 2.77 bits per heavy atom. The zero-order valence-electron chi connectivity index (χ0n) is 17.7. The van der Waals surface area contributed by atoms with Crippen LogP contribution in [0.3, 0.4) is 0 Å². The van der Waals surface area contributed by atoms with Crippen LogP contribution < -0.4 is 10.6 Å². The number of rotatable bonds is 6. The molecule has 1 heterocycles. The number of benzene rings is 2. The van der Waals surface area contributed by atoms with Gasteiger partial charge in [-0.05, 0) is 49.7 Å². The highest BCUT2D eigenvalue weighted by Crippen LogP contribution is 2.38. The van der Waals surface area contributed by atoms with Gasteiger partial charge < -0.3 is 10.6 Å². The summed E-state index contributed by atoms with van der Waals surface area (Å²) in [6, 6.07) is 14.0. The zero-order valence-corrected chi connectivity index (χ0v) is 19.3. The van der Waals surface area contributed by atoms with Gasteiger partial charge in [-0.3, -0.25) is 14.5 Å². The molecule has 0 saturated heterocycles. The van der Waals surface area contributed by atoms with E-state index in [0.717, 1.165) is 22.7 Å². The largest absolute Gasteiger partial charge is 0.326 e. The SMILES string of the molecule is CN(Cc1ccccc1NC(=O)CC1Sc2ccc(Cl)cc2NC1=O)C1CCCCC1. The summed E-state index contributed by atoms with van der Waals surface area (Å²) < 4.78 is 0. The molecule has 4 rings (SSSR count). The third-order valence-electron chi connectivity index (χ3n) is 6.04. The number of para-hydroxylation sites is 1. The molecule has 1 aliphatic heterocycles. The number of hydrogen-bond donors (Lipinski definition) is 2. The smallest absolute Gasteiger partial charge is 0.238 e. The lowest BCUT2D eigenvalue weighted by Crippen LogP contribution is -2.34. The highest BCUT2D eigenvalue weighted by molar-refractivity contribution is 8.01. The van der Waals surface area contributed by atoms with E-state index in [1.54, 1.807) is 12.1 Å². The molecule has 164 valence electrons. The van der Waals surface area contributed by atoms with Gasteiger partial charge in [0.05, 0.1) is 10.9 Å². The van der Waals surface area contributed by atoms with E-state index in [2.05, 4.69) is 28.6 Å². The third-order valence-corrected chi connectivity index (χ3v) is 7.55. The van der Waals surface area contributed by atoms with Crippen LogP contribution in [0.1, 0.15) is 44.1 Å². The van der Waals surface area contributed by atoms with Gasteiger partial charge in [-0.1, -0.05) is 49.1 Å². The summed E-state index contributed by atoms with van der Waals surface area (Å²) in [7, 11) is 2.17. The second-order valence-corrected chi connectivity index (χ2v) is 10.0. The molecule has 7 heteroatoms. The molecule has 1 aliphatic carbocycles. The molecule has 2 N–H and O–H groups in total. The van der Waals surface area contributed by atoms with Crippen molar-refractivity contribution in [3.63, 3.8) is 0 Å². The first kappa shape index (κ1) is 22.2. The molecule has 1 fully saturated rings. The molecular formula is C24H28ClN3O2S. The Bertz CT molecular complexity index is 962. The minimum atomic E-state index is -0.467. The van der Waals surface area contributed by atoms with Crippen LogP contribution in [0, 0.1) is 0 Å². The Kier molecular flexibility index (Phi) is 7.20. The second-order valence-electron chi connectivity index (χ2n) is 8.35. The molecule has 0 aromatic heterocycles. The molecule has 31 heavy (non-hydrogen) atoms. The predicted octanol–water partition coefficient (Wildman–Crippen LogP) is 5.55. The van der Waals surface area contributed by atoms with E-state index in [0.29, 0.717) is 16.8 Å². The fourth-order valence-corrected chi connectivity index (χ4v) is 5.59. The predicted molar refractivity (Wildman–Crippen MR) is 128 cm³/mol. The number of anilines is 2. The lowest BCUT2D eigenvalue weighted by Gasteiger charge is -2.31. The summed E-state index contributed by atoms with van der Waals surface area (Å²) in [4.78, 5) is 28.6. The number of carbonyl (C=O) groups excluding carboxylic acids is 2. The van der Waals surface area contributed by atoms with Gasteiger partial charge in [0, 0.05) is 34.6 Å². The van der Waals surface area contributed by atoms with Crippen LogP contribution in [-0.4, -0.2) is 35.1 Å². The van der Waals surface area contributed by atoms with Crippen LogP contribution in [0.25, 0.3) is 0 Å². The molecule has 1 unspecified atom stereocenters. The Balaban J connectivity index is 1.38. The highest BCUT2D eigenvalue weighted by atomic mass is 35.5. The number of carbonyl (C=O) groups is 2. The van der Waals surface area contributed by atoms with E-state index in [1.165, 1.54) is 43.9 Å². The Labute approximate surface area is 192 Å². The van der Waals surface area contributed by atoms with Crippen LogP contribution in [0.5, 0.6) is 0 Å². The number of thioether (sulfide) groups is 1.